The van der Waals surface area contributed by atoms with Crippen molar-refractivity contribution in [2.24, 2.45) is 0 Å². The molecule has 3 aromatic carbocycles. The van der Waals surface area contributed by atoms with Gasteiger partial charge in [0.25, 0.3) is 0 Å². The highest BCUT2D eigenvalue weighted by Gasteiger charge is 2.52. The molecule has 0 fully saturated rings. The molecule has 0 aliphatic heterocycles. The molecule has 3 rings (SSSR count). The molecule has 0 atom stereocenters. The van der Waals surface area contributed by atoms with Gasteiger partial charge < -0.3 is 14.3 Å². The van der Waals surface area contributed by atoms with Gasteiger partial charge in [0.15, 0.2) is 5.75 Å². The van der Waals surface area contributed by atoms with E-state index in [1.165, 1.54) is 10.4 Å². The van der Waals surface area contributed by atoms with Crippen LogP contribution in [0, 0.1) is 0 Å². The van der Waals surface area contributed by atoms with E-state index in [4.69, 9.17) is 14.3 Å². The van der Waals surface area contributed by atoms with E-state index in [2.05, 4.69) is 75.4 Å². The number of benzene rings is 3. The molecule has 0 radical (unpaired) electrons. The molecule has 0 spiro atoms. The molecule has 30 heavy (non-hydrogen) atoms. The van der Waals surface area contributed by atoms with Crippen molar-refractivity contribution < 1.29 is 14.3 Å². The first-order chi connectivity index (χ1) is 14.4. The summed E-state index contributed by atoms with van der Waals surface area (Å²) in [6, 6.07) is 27.3. The molecule has 3 nitrogen and oxygen atoms in total. The Morgan fingerprint density at radius 2 is 1.37 bits per heavy atom. The molecule has 0 saturated carbocycles. The number of aliphatic hydroxyl groups excluding tert-OH is 1. The van der Waals surface area contributed by atoms with E-state index in [0.717, 1.165) is 29.9 Å². The Hall–Kier alpha value is -2.56. The van der Waals surface area contributed by atoms with Crippen LogP contribution in [0.5, 0.6) is 11.5 Å². The Kier molecular flexibility index (Phi) is 7.01. The van der Waals surface area contributed by atoms with E-state index in [1.807, 2.05) is 24.3 Å². The van der Waals surface area contributed by atoms with E-state index < -0.39 is 8.32 Å². The number of aryl methyl sites for hydroxylation is 1. The lowest BCUT2D eigenvalue weighted by Gasteiger charge is -2.43. The Balaban J connectivity index is 2.17. The Morgan fingerprint density at radius 1 is 0.800 bits per heavy atom. The fourth-order valence-corrected chi connectivity index (χ4v) is 8.48. The van der Waals surface area contributed by atoms with Crippen molar-refractivity contribution in [3.05, 3.63) is 84.4 Å². The van der Waals surface area contributed by atoms with Crippen LogP contribution in [-0.4, -0.2) is 27.1 Å². The number of aliphatic hydroxyl groups is 1. The third-order valence-electron chi connectivity index (χ3n) is 5.53. The van der Waals surface area contributed by atoms with Crippen LogP contribution in [0.4, 0.5) is 0 Å². The standard InChI is InChI=1S/C26H32O3Si/c1-26(2,3)30(22-13-7-5-8-14-22,23-15-9-6-10-16-23)29-24-18-17-21(12-11-19-27)20-25(24)28-4/h5-10,13-18,20,27H,11-12,19H2,1-4H3. The predicted molar refractivity (Wildman–Crippen MR) is 127 cm³/mol. The normalized spacial score (nSPS) is 11.9. The van der Waals surface area contributed by atoms with Gasteiger partial charge in [-0.05, 0) is 45.9 Å². The van der Waals surface area contributed by atoms with Crippen LogP contribution in [0.25, 0.3) is 0 Å². The SMILES string of the molecule is COc1cc(CCCO)ccc1O[Si](c1ccccc1)(c1ccccc1)C(C)(C)C. The summed E-state index contributed by atoms with van der Waals surface area (Å²) in [7, 11) is -1.02. The topological polar surface area (TPSA) is 38.7 Å². The molecule has 0 unspecified atom stereocenters. The summed E-state index contributed by atoms with van der Waals surface area (Å²) in [5, 5.41) is 11.5. The molecule has 0 aliphatic carbocycles. The Labute approximate surface area is 181 Å². The lowest BCUT2D eigenvalue weighted by atomic mass is 10.1. The molecular weight excluding hydrogens is 388 g/mol. The van der Waals surface area contributed by atoms with Gasteiger partial charge in [-0.2, -0.15) is 0 Å². The molecule has 3 aromatic rings. The first-order valence-corrected chi connectivity index (χ1v) is 12.4. The van der Waals surface area contributed by atoms with E-state index in [-0.39, 0.29) is 11.6 Å². The van der Waals surface area contributed by atoms with Gasteiger partial charge in [-0.1, -0.05) is 87.5 Å². The van der Waals surface area contributed by atoms with Gasteiger partial charge >= 0.3 is 8.32 Å². The average molecular weight is 421 g/mol. The van der Waals surface area contributed by atoms with E-state index in [1.54, 1.807) is 7.11 Å². The van der Waals surface area contributed by atoms with Gasteiger partial charge in [0.2, 0.25) is 0 Å². The van der Waals surface area contributed by atoms with E-state index in [0.29, 0.717) is 0 Å². The minimum atomic E-state index is -2.70. The van der Waals surface area contributed by atoms with E-state index >= 15 is 0 Å². The smallest absolute Gasteiger partial charge is 0.320 e. The van der Waals surface area contributed by atoms with Crippen LogP contribution in [0.1, 0.15) is 32.8 Å². The maximum atomic E-state index is 9.15. The summed E-state index contributed by atoms with van der Waals surface area (Å²) in [4.78, 5) is 0. The van der Waals surface area contributed by atoms with Crippen molar-refractivity contribution in [3.63, 3.8) is 0 Å². The van der Waals surface area contributed by atoms with Crippen molar-refractivity contribution in [3.8, 4) is 11.5 Å². The molecule has 0 saturated heterocycles. The third kappa shape index (κ3) is 4.45. The Bertz CT molecular complexity index is 894. The van der Waals surface area contributed by atoms with Crippen molar-refractivity contribution >= 4 is 18.7 Å². The minimum Gasteiger partial charge on any atom is -0.531 e. The lowest BCUT2D eigenvalue weighted by molar-refractivity contribution is 0.288. The second-order valence-corrected chi connectivity index (χ2v) is 12.8. The van der Waals surface area contributed by atoms with Gasteiger partial charge in [0.05, 0.1) is 7.11 Å². The molecule has 158 valence electrons. The largest absolute Gasteiger partial charge is 0.531 e. The lowest BCUT2D eigenvalue weighted by Crippen LogP contribution is -2.68. The third-order valence-corrected chi connectivity index (χ3v) is 10.5. The van der Waals surface area contributed by atoms with Crippen LogP contribution in [-0.2, 0) is 6.42 Å². The molecule has 0 aromatic heterocycles. The van der Waals surface area contributed by atoms with Crippen LogP contribution in [0.15, 0.2) is 78.9 Å². The highest BCUT2D eigenvalue weighted by Crippen LogP contribution is 2.40. The number of rotatable bonds is 8. The molecular formula is C26H32O3Si. The van der Waals surface area contributed by atoms with Crippen molar-refractivity contribution in [1.82, 2.24) is 0 Å². The summed E-state index contributed by atoms with van der Waals surface area (Å²) in [5.41, 5.74) is 1.13. The van der Waals surface area contributed by atoms with Crippen molar-refractivity contribution in [2.45, 2.75) is 38.7 Å². The first-order valence-electron chi connectivity index (χ1n) is 10.5. The molecule has 0 amide bonds. The maximum Gasteiger partial charge on any atom is 0.320 e. The molecule has 0 heterocycles. The number of hydrogen-bond donors (Lipinski definition) is 1. The van der Waals surface area contributed by atoms with Crippen LogP contribution < -0.4 is 19.5 Å². The minimum absolute atomic E-state index is 0.115. The highest BCUT2D eigenvalue weighted by molar-refractivity contribution is 7.00. The fraction of sp³-hybridized carbons (Fsp3) is 0.308. The molecule has 0 aliphatic rings. The van der Waals surface area contributed by atoms with Gasteiger partial charge in [0.1, 0.15) is 5.75 Å². The summed E-state index contributed by atoms with van der Waals surface area (Å²) in [6.45, 7) is 6.98. The fourth-order valence-electron chi connectivity index (χ4n) is 4.05. The summed E-state index contributed by atoms with van der Waals surface area (Å²) < 4.78 is 12.8. The second-order valence-electron chi connectivity index (χ2n) is 8.58. The van der Waals surface area contributed by atoms with Crippen LogP contribution in [0.2, 0.25) is 5.04 Å². The molecule has 1 N–H and O–H groups in total. The van der Waals surface area contributed by atoms with Gasteiger partial charge in [-0.3, -0.25) is 0 Å². The predicted octanol–water partition coefficient (Wildman–Crippen LogP) is 4.56. The van der Waals surface area contributed by atoms with Crippen LogP contribution >= 0.6 is 0 Å². The second kappa shape index (κ2) is 9.50. The van der Waals surface area contributed by atoms with Gasteiger partial charge in [0, 0.05) is 6.61 Å². The zero-order valence-corrected chi connectivity index (χ0v) is 19.4. The monoisotopic (exact) mass is 420 g/mol. The zero-order chi connectivity index (χ0) is 21.6. The number of hydrogen-bond acceptors (Lipinski definition) is 3. The van der Waals surface area contributed by atoms with Gasteiger partial charge in [-0.15, -0.1) is 0 Å². The maximum absolute atomic E-state index is 9.15. The van der Waals surface area contributed by atoms with Crippen molar-refractivity contribution in [1.29, 1.82) is 0 Å². The van der Waals surface area contributed by atoms with Crippen LogP contribution in [0.3, 0.4) is 0 Å². The Morgan fingerprint density at radius 3 is 1.83 bits per heavy atom. The van der Waals surface area contributed by atoms with E-state index in [9.17, 15) is 0 Å². The quantitative estimate of drug-likeness (QED) is 0.543. The first kappa shape index (κ1) is 22.1. The summed E-state index contributed by atoms with van der Waals surface area (Å²) in [5.74, 6) is 1.50. The zero-order valence-electron chi connectivity index (χ0n) is 18.4. The number of methoxy groups -OCH3 is 1. The highest BCUT2D eigenvalue weighted by atomic mass is 28.4. The summed E-state index contributed by atoms with van der Waals surface area (Å²) >= 11 is 0. The molecule has 0 bridgehead atoms. The van der Waals surface area contributed by atoms with Crippen molar-refractivity contribution in [2.75, 3.05) is 13.7 Å². The average Bonchev–Trinajstić information content (AvgIpc) is 2.76. The van der Waals surface area contributed by atoms with Gasteiger partial charge in [-0.25, -0.2) is 0 Å². The molecule has 4 heteroatoms. The number of ether oxygens (including phenoxy) is 1. The summed E-state index contributed by atoms with van der Waals surface area (Å²) in [6.07, 6.45) is 1.55.